The molecule has 2 aromatic rings. The van der Waals surface area contributed by atoms with Crippen LogP contribution in [0.1, 0.15) is 17.5 Å². The van der Waals surface area contributed by atoms with Gasteiger partial charge in [0.15, 0.2) is 23.1 Å². The number of hydrogen-bond donors (Lipinski definition) is 1. The lowest BCUT2D eigenvalue weighted by Gasteiger charge is -2.29. The van der Waals surface area contributed by atoms with Gasteiger partial charge in [0.1, 0.15) is 6.42 Å². The van der Waals surface area contributed by atoms with Gasteiger partial charge in [-0.15, -0.1) is 0 Å². The van der Waals surface area contributed by atoms with E-state index >= 15 is 0 Å². The molecule has 0 bridgehead atoms. The number of ether oxygens (including phenoxy) is 2. The Morgan fingerprint density at radius 3 is 2.36 bits per heavy atom. The third-order valence-corrected chi connectivity index (χ3v) is 4.59. The van der Waals surface area contributed by atoms with Crippen molar-refractivity contribution in [2.45, 2.75) is 19.4 Å². The van der Waals surface area contributed by atoms with E-state index in [1.807, 2.05) is 12.1 Å². The van der Waals surface area contributed by atoms with E-state index in [9.17, 15) is 18.4 Å². The Labute approximate surface area is 161 Å². The van der Waals surface area contributed by atoms with Crippen molar-refractivity contribution in [3.05, 3.63) is 53.1 Å². The maximum Gasteiger partial charge on any atom is 0.233 e. The summed E-state index contributed by atoms with van der Waals surface area (Å²) in [6.07, 6.45) is 0.244. The molecule has 1 heterocycles. The second-order valence-corrected chi connectivity index (χ2v) is 6.40. The maximum absolute atomic E-state index is 13.2. The van der Waals surface area contributed by atoms with Gasteiger partial charge in [-0.3, -0.25) is 9.59 Å². The molecule has 2 amide bonds. The molecule has 0 atom stereocenters. The summed E-state index contributed by atoms with van der Waals surface area (Å²) in [5.41, 5.74) is 2.09. The summed E-state index contributed by atoms with van der Waals surface area (Å²) >= 11 is 0. The molecule has 28 heavy (non-hydrogen) atoms. The van der Waals surface area contributed by atoms with Gasteiger partial charge in [0.25, 0.3) is 0 Å². The van der Waals surface area contributed by atoms with Crippen LogP contribution in [0.3, 0.4) is 0 Å². The Bertz CT molecular complexity index is 917. The van der Waals surface area contributed by atoms with E-state index in [1.54, 1.807) is 19.1 Å². The molecule has 1 aliphatic rings. The van der Waals surface area contributed by atoms with E-state index < -0.39 is 17.5 Å². The Balaban J connectivity index is 1.64. The van der Waals surface area contributed by atoms with Gasteiger partial charge >= 0.3 is 0 Å². The van der Waals surface area contributed by atoms with E-state index in [2.05, 4.69) is 5.32 Å². The number of carbonyl (C=O) groups is 2. The van der Waals surface area contributed by atoms with Crippen LogP contribution in [0.25, 0.3) is 0 Å². The van der Waals surface area contributed by atoms with Crippen molar-refractivity contribution >= 4 is 17.5 Å². The Kier molecular flexibility index (Phi) is 5.77. The van der Waals surface area contributed by atoms with E-state index in [-0.39, 0.29) is 18.0 Å². The number of anilines is 1. The number of methoxy groups -OCH3 is 2. The molecule has 3 rings (SSSR count). The number of carbonyl (C=O) groups excluding carboxylic acids is 2. The molecule has 0 spiro atoms. The van der Waals surface area contributed by atoms with Crippen molar-refractivity contribution < 1.29 is 27.8 Å². The number of nitrogens with one attached hydrogen (secondary N) is 1. The lowest BCUT2D eigenvalue weighted by Crippen LogP contribution is -2.37. The van der Waals surface area contributed by atoms with E-state index in [0.717, 1.165) is 23.3 Å². The Morgan fingerprint density at radius 1 is 1.04 bits per heavy atom. The zero-order valence-corrected chi connectivity index (χ0v) is 15.6. The number of hydrogen-bond acceptors (Lipinski definition) is 4. The predicted molar refractivity (Wildman–Crippen MR) is 98.3 cm³/mol. The summed E-state index contributed by atoms with van der Waals surface area (Å²) in [5.74, 6) is -1.80. The minimum atomic E-state index is -1.07. The highest BCUT2D eigenvalue weighted by Gasteiger charge is 2.24. The largest absolute Gasteiger partial charge is 0.493 e. The molecule has 0 saturated heterocycles. The molecular weight excluding hydrogens is 370 g/mol. The molecule has 0 aromatic heterocycles. The van der Waals surface area contributed by atoms with Gasteiger partial charge in [0.05, 0.1) is 14.2 Å². The number of fused-ring (bicyclic) bond motifs is 1. The number of benzene rings is 2. The van der Waals surface area contributed by atoms with Crippen LogP contribution >= 0.6 is 0 Å². The molecule has 0 radical (unpaired) electrons. The Hall–Kier alpha value is -3.16. The fraction of sp³-hybridized carbons (Fsp3) is 0.300. The maximum atomic E-state index is 13.2. The van der Waals surface area contributed by atoms with Crippen molar-refractivity contribution in [3.8, 4) is 11.5 Å². The van der Waals surface area contributed by atoms with Crippen molar-refractivity contribution in [3.63, 3.8) is 0 Å². The molecule has 0 saturated carbocycles. The molecule has 2 aromatic carbocycles. The van der Waals surface area contributed by atoms with Gasteiger partial charge in [-0.25, -0.2) is 8.78 Å². The van der Waals surface area contributed by atoms with E-state index in [4.69, 9.17) is 9.47 Å². The van der Waals surface area contributed by atoms with Crippen molar-refractivity contribution in [1.29, 1.82) is 0 Å². The quantitative estimate of drug-likeness (QED) is 0.798. The summed E-state index contributed by atoms with van der Waals surface area (Å²) in [6, 6.07) is 6.74. The van der Waals surface area contributed by atoms with E-state index in [0.29, 0.717) is 31.0 Å². The second kappa shape index (κ2) is 8.24. The number of rotatable bonds is 5. The molecule has 1 aliphatic heterocycles. The van der Waals surface area contributed by atoms with Crippen molar-refractivity contribution in [2.75, 3.05) is 26.1 Å². The molecule has 8 heteroatoms. The van der Waals surface area contributed by atoms with Crippen LogP contribution < -0.4 is 14.8 Å². The monoisotopic (exact) mass is 390 g/mol. The molecule has 0 unspecified atom stereocenters. The summed E-state index contributed by atoms with van der Waals surface area (Å²) < 4.78 is 36.8. The minimum Gasteiger partial charge on any atom is -0.493 e. The highest BCUT2D eigenvalue weighted by molar-refractivity contribution is 6.03. The van der Waals surface area contributed by atoms with Crippen LogP contribution in [0.4, 0.5) is 14.5 Å². The van der Waals surface area contributed by atoms with Gasteiger partial charge in [0, 0.05) is 24.8 Å². The lowest BCUT2D eigenvalue weighted by atomic mass is 9.98. The first-order chi connectivity index (χ1) is 13.4. The molecular formula is C20H20F2N2O4. The average Bonchev–Trinajstić information content (AvgIpc) is 2.69. The first-order valence-electron chi connectivity index (χ1n) is 8.67. The highest BCUT2D eigenvalue weighted by Crippen LogP contribution is 2.33. The van der Waals surface area contributed by atoms with Crippen LogP contribution in [-0.2, 0) is 22.6 Å². The molecule has 148 valence electrons. The van der Waals surface area contributed by atoms with Crippen LogP contribution in [0, 0.1) is 11.6 Å². The fourth-order valence-electron chi connectivity index (χ4n) is 3.12. The SMILES string of the molecule is COc1cc2c(cc1OC)CN(C(=O)CC(=O)Nc1ccc(F)c(F)c1)CC2. The number of halogens is 2. The summed E-state index contributed by atoms with van der Waals surface area (Å²) in [5, 5.41) is 2.40. The van der Waals surface area contributed by atoms with Gasteiger partial charge in [-0.1, -0.05) is 0 Å². The predicted octanol–water partition coefficient (Wildman–Crippen LogP) is 2.90. The average molecular weight is 390 g/mol. The van der Waals surface area contributed by atoms with Crippen LogP contribution in [-0.4, -0.2) is 37.5 Å². The third-order valence-electron chi connectivity index (χ3n) is 4.59. The first-order valence-corrected chi connectivity index (χ1v) is 8.67. The standard InChI is InChI=1S/C20H20F2N2O4/c1-27-17-7-12-5-6-24(11-13(12)8-18(17)28-2)20(26)10-19(25)23-14-3-4-15(21)16(22)9-14/h3-4,7-9H,5-6,10-11H2,1-2H3,(H,23,25). The van der Waals surface area contributed by atoms with Gasteiger partial charge in [0.2, 0.25) is 11.8 Å². The zero-order valence-electron chi connectivity index (χ0n) is 15.6. The first kappa shape index (κ1) is 19.6. The van der Waals surface area contributed by atoms with Crippen molar-refractivity contribution in [2.24, 2.45) is 0 Å². The summed E-state index contributed by atoms with van der Waals surface area (Å²) in [7, 11) is 3.10. The van der Waals surface area contributed by atoms with Crippen LogP contribution in [0.5, 0.6) is 11.5 Å². The number of nitrogens with zero attached hydrogens (tertiary/aromatic N) is 1. The smallest absolute Gasteiger partial charge is 0.233 e. The number of amides is 2. The van der Waals surface area contributed by atoms with Gasteiger partial charge in [-0.05, 0) is 41.8 Å². The zero-order chi connectivity index (χ0) is 20.3. The summed E-state index contributed by atoms with van der Waals surface area (Å²) in [6.45, 7) is 0.826. The van der Waals surface area contributed by atoms with E-state index in [1.165, 1.54) is 6.07 Å². The second-order valence-electron chi connectivity index (χ2n) is 6.40. The van der Waals surface area contributed by atoms with Crippen molar-refractivity contribution in [1.82, 2.24) is 4.90 Å². The molecule has 1 N–H and O–H groups in total. The van der Waals surface area contributed by atoms with Gasteiger partial charge < -0.3 is 19.7 Å². The summed E-state index contributed by atoms with van der Waals surface area (Å²) in [4.78, 5) is 26.1. The highest BCUT2D eigenvalue weighted by atomic mass is 19.2. The molecule has 6 nitrogen and oxygen atoms in total. The minimum absolute atomic E-state index is 0.0949. The topological polar surface area (TPSA) is 67.9 Å². The van der Waals surface area contributed by atoms with Crippen LogP contribution in [0.15, 0.2) is 30.3 Å². The lowest BCUT2D eigenvalue weighted by molar-refractivity contribution is -0.135. The third kappa shape index (κ3) is 4.21. The van der Waals surface area contributed by atoms with Crippen LogP contribution in [0.2, 0.25) is 0 Å². The van der Waals surface area contributed by atoms with Gasteiger partial charge in [-0.2, -0.15) is 0 Å². The molecule has 0 fully saturated rings. The Morgan fingerprint density at radius 2 is 1.71 bits per heavy atom. The fourth-order valence-corrected chi connectivity index (χ4v) is 3.12. The normalized spacial score (nSPS) is 12.9. The molecule has 0 aliphatic carbocycles.